The van der Waals surface area contributed by atoms with Crippen LogP contribution in [0.15, 0.2) is 6.20 Å². The standard InChI is InChI=1S/C12H20N6O3/c1-16(2)12(21)14-10-6-13-18(15-10)8-11(20)17-5-3-4-9(19)7-17/h6,9,19H,3-5,7-8H2,1-2H3,(H,14,15,21). The molecule has 1 aliphatic heterocycles. The van der Waals surface area contributed by atoms with E-state index in [2.05, 4.69) is 15.5 Å². The lowest BCUT2D eigenvalue weighted by Gasteiger charge is -2.29. The summed E-state index contributed by atoms with van der Waals surface area (Å²) in [5.41, 5.74) is 0. The van der Waals surface area contributed by atoms with Crippen molar-refractivity contribution in [2.75, 3.05) is 32.5 Å². The number of carbonyl (C=O) groups is 2. The van der Waals surface area contributed by atoms with Crippen LogP contribution in [-0.2, 0) is 11.3 Å². The molecular weight excluding hydrogens is 276 g/mol. The van der Waals surface area contributed by atoms with Gasteiger partial charge in [-0.3, -0.25) is 10.1 Å². The lowest BCUT2D eigenvalue weighted by Crippen LogP contribution is -2.43. The lowest BCUT2D eigenvalue weighted by molar-refractivity contribution is -0.135. The molecule has 0 bridgehead atoms. The van der Waals surface area contributed by atoms with Gasteiger partial charge in [-0.1, -0.05) is 0 Å². The maximum atomic E-state index is 12.1. The second kappa shape index (κ2) is 6.53. The van der Waals surface area contributed by atoms with Crippen molar-refractivity contribution in [3.8, 4) is 0 Å². The monoisotopic (exact) mass is 296 g/mol. The van der Waals surface area contributed by atoms with E-state index in [0.29, 0.717) is 18.9 Å². The summed E-state index contributed by atoms with van der Waals surface area (Å²) in [6, 6.07) is -0.312. The fourth-order valence-corrected chi connectivity index (χ4v) is 2.05. The SMILES string of the molecule is CN(C)C(=O)Nc1cnn(CC(=O)N2CCCC(O)C2)n1. The Kier molecular flexibility index (Phi) is 4.73. The van der Waals surface area contributed by atoms with Gasteiger partial charge >= 0.3 is 6.03 Å². The molecule has 1 aliphatic rings. The molecule has 116 valence electrons. The van der Waals surface area contributed by atoms with E-state index in [1.165, 1.54) is 15.9 Å². The van der Waals surface area contributed by atoms with Crippen LogP contribution < -0.4 is 5.32 Å². The molecule has 9 heteroatoms. The number of aliphatic hydroxyl groups is 1. The smallest absolute Gasteiger partial charge is 0.322 e. The number of piperidine rings is 1. The van der Waals surface area contributed by atoms with E-state index in [1.807, 2.05) is 0 Å². The van der Waals surface area contributed by atoms with Gasteiger partial charge in [0.1, 0.15) is 6.54 Å². The molecule has 1 aromatic heterocycles. The van der Waals surface area contributed by atoms with Crippen molar-refractivity contribution in [2.45, 2.75) is 25.5 Å². The highest BCUT2D eigenvalue weighted by atomic mass is 16.3. The van der Waals surface area contributed by atoms with E-state index >= 15 is 0 Å². The Hall–Kier alpha value is -2.16. The molecule has 1 aromatic rings. The highest BCUT2D eigenvalue weighted by molar-refractivity contribution is 5.87. The molecule has 2 rings (SSSR count). The van der Waals surface area contributed by atoms with Gasteiger partial charge in [0.15, 0.2) is 5.82 Å². The summed E-state index contributed by atoms with van der Waals surface area (Å²) in [6.45, 7) is 0.982. The Morgan fingerprint density at radius 1 is 1.52 bits per heavy atom. The number of hydrogen-bond donors (Lipinski definition) is 2. The van der Waals surface area contributed by atoms with Crippen molar-refractivity contribution < 1.29 is 14.7 Å². The van der Waals surface area contributed by atoms with E-state index in [9.17, 15) is 14.7 Å². The number of hydrogen-bond acceptors (Lipinski definition) is 5. The lowest BCUT2D eigenvalue weighted by atomic mass is 10.1. The molecule has 9 nitrogen and oxygen atoms in total. The molecule has 0 spiro atoms. The third-order valence-corrected chi connectivity index (χ3v) is 3.20. The first kappa shape index (κ1) is 15.2. The van der Waals surface area contributed by atoms with Crippen LogP contribution in [-0.4, -0.2) is 75.1 Å². The molecule has 21 heavy (non-hydrogen) atoms. The average Bonchev–Trinajstić information content (AvgIpc) is 2.85. The number of nitrogens with zero attached hydrogens (tertiary/aromatic N) is 5. The van der Waals surface area contributed by atoms with Crippen LogP contribution in [0.2, 0.25) is 0 Å². The molecule has 0 radical (unpaired) electrons. The number of carbonyl (C=O) groups excluding carboxylic acids is 2. The molecule has 1 atom stereocenters. The first-order chi connectivity index (χ1) is 9.95. The van der Waals surface area contributed by atoms with E-state index in [4.69, 9.17) is 0 Å². The van der Waals surface area contributed by atoms with Crippen molar-refractivity contribution >= 4 is 17.8 Å². The summed E-state index contributed by atoms with van der Waals surface area (Å²) in [6.07, 6.45) is 2.46. The largest absolute Gasteiger partial charge is 0.391 e. The molecule has 2 heterocycles. The zero-order chi connectivity index (χ0) is 15.4. The highest BCUT2D eigenvalue weighted by Crippen LogP contribution is 2.10. The summed E-state index contributed by atoms with van der Waals surface area (Å²) < 4.78 is 0. The van der Waals surface area contributed by atoms with Gasteiger partial charge in [-0.15, -0.1) is 5.10 Å². The van der Waals surface area contributed by atoms with Gasteiger partial charge in [0.05, 0.1) is 12.3 Å². The zero-order valence-corrected chi connectivity index (χ0v) is 12.2. The molecular formula is C12H20N6O3. The van der Waals surface area contributed by atoms with Gasteiger partial charge in [0, 0.05) is 27.2 Å². The average molecular weight is 296 g/mol. The molecule has 2 N–H and O–H groups in total. The van der Waals surface area contributed by atoms with Crippen LogP contribution in [0, 0.1) is 0 Å². The van der Waals surface area contributed by atoms with Crippen LogP contribution >= 0.6 is 0 Å². The maximum Gasteiger partial charge on any atom is 0.322 e. The second-order valence-electron chi connectivity index (χ2n) is 5.22. The van der Waals surface area contributed by atoms with Crippen LogP contribution in [0.25, 0.3) is 0 Å². The molecule has 1 unspecified atom stereocenters. The Bertz CT molecular complexity index is 515. The van der Waals surface area contributed by atoms with Crippen molar-refractivity contribution in [3.05, 3.63) is 6.20 Å². The van der Waals surface area contributed by atoms with E-state index < -0.39 is 6.10 Å². The Morgan fingerprint density at radius 3 is 2.95 bits per heavy atom. The van der Waals surface area contributed by atoms with E-state index in [-0.39, 0.29) is 18.5 Å². The highest BCUT2D eigenvalue weighted by Gasteiger charge is 2.22. The number of aromatic nitrogens is 3. The third-order valence-electron chi connectivity index (χ3n) is 3.20. The van der Waals surface area contributed by atoms with Crippen LogP contribution in [0.5, 0.6) is 0 Å². The molecule has 1 fully saturated rings. The fraction of sp³-hybridized carbons (Fsp3) is 0.667. The van der Waals surface area contributed by atoms with Gasteiger partial charge in [-0.2, -0.15) is 9.90 Å². The third kappa shape index (κ3) is 4.15. The zero-order valence-electron chi connectivity index (χ0n) is 12.2. The van der Waals surface area contributed by atoms with Gasteiger partial charge in [0.2, 0.25) is 5.91 Å². The number of anilines is 1. The predicted octanol–water partition coefficient (Wildman–Crippen LogP) is -0.645. The van der Waals surface area contributed by atoms with Crippen LogP contribution in [0.3, 0.4) is 0 Å². The topological polar surface area (TPSA) is 104 Å². The first-order valence-electron chi connectivity index (χ1n) is 6.80. The number of β-amino-alcohol motifs (C(OH)–C–C–N with tert-alkyl or cyclic N) is 1. The summed E-state index contributed by atoms with van der Waals surface area (Å²) in [5, 5.41) is 20.1. The van der Waals surface area contributed by atoms with Gasteiger partial charge < -0.3 is 14.9 Å². The van der Waals surface area contributed by atoms with Crippen molar-refractivity contribution in [3.63, 3.8) is 0 Å². The van der Waals surface area contributed by atoms with E-state index in [1.54, 1.807) is 19.0 Å². The molecule has 0 saturated carbocycles. The Morgan fingerprint density at radius 2 is 2.29 bits per heavy atom. The molecule has 1 saturated heterocycles. The van der Waals surface area contributed by atoms with Gasteiger partial charge in [0.25, 0.3) is 0 Å². The molecule has 3 amide bonds. The van der Waals surface area contributed by atoms with Gasteiger partial charge in [-0.25, -0.2) is 4.79 Å². The van der Waals surface area contributed by atoms with Crippen LogP contribution in [0.1, 0.15) is 12.8 Å². The number of likely N-dealkylation sites (tertiary alicyclic amines) is 1. The Balaban J connectivity index is 1.90. The summed E-state index contributed by atoms with van der Waals surface area (Å²) in [7, 11) is 3.23. The minimum atomic E-state index is -0.455. The molecule has 0 aromatic carbocycles. The number of urea groups is 1. The quantitative estimate of drug-likeness (QED) is 0.772. The van der Waals surface area contributed by atoms with Gasteiger partial charge in [-0.05, 0) is 12.8 Å². The minimum Gasteiger partial charge on any atom is -0.391 e. The minimum absolute atomic E-state index is 0.00937. The van der Waals surface area contributed by atoms with E-state index in [0.717, 1.165) is 12.8 Å². The number of amides is 3. The molecule has 0 aliphatic carbocycles. The second-order valence-corrected chi connectivity index (χ2v) is 5.22. The van der Waals surface area contributed by atoms with Crippen LogP contribution in [0.4, 0.5) is 10.6 Å². The normalized spacial score (nSPS) is 18.4. The summed E-state index contributed by atoms with van der Waals surface area (Å²) in [5.74, 6) is 0.148. The number of aliphatic hydroxyl groups excluding tert-OH is 1. The summed E-state index contributed by atoms with van der Waals surface area (Å²) >= 11 is 0. The predicted molar refractivity (Wildman–Crippen MR) is 74.5 cm³/mol. The fourth-order valence-electron chi connectivity index (χ4n) is 2.05. The van der Waals surface area contributed by atoms with Crippen molar-refractivity contribution in [1.82, 2.24) is 24.8 Å². The summed E-state index contributed by atoms with van der Waals surface area (Å²) in [4.78, 5) is 27.7. The number of nitrogens with one attached hydrogen (secondary N) is 1. The first-order valence-corrected chi connectivity index (χ1v) is 6.80. The van der Waals surface area contributed by atoms with Crippen molar-refractivity contribution in [1.29, 1.82) is 0 Å². The van der Waals surface area contributed by atoms with Crippen molar-refractivity contribution in [2.24, 2.45) is 0 Å². The number of rotatable bonds is 3. The maximum absolute atomic E-state index is 12.1. The Labute approximate surface area is 122 Å².